The highest BCUT2D eigenvalue weighted by molar-refractivity contribution is 7.89. The van der Waals surface area contributed by atoms with Crippen molar-refractivity contribution in [3.05, 3.63) is 28.8 Å². The quantitative estimate of drug-likeness (QED) is 0.829. The summed E-state index contributed by atoms with van der Waals surface area (Å²) in [5.41, 5.74) is 0.942. The Morgan fingerprint density at radius 2 is 2.06 bits per heavy atom. The van der Waals surface area contributed by atoms with Gasteiger partial charge in [0.15, 0.2) is 0 Å². The van der Waals surface area contributed by atoms with Gasteiger partial charge in [0, 0.05) is 6.54 Å². The maximum absolute atomic E-state index is 11.8. The standard InChI is InChI=1S/C11H16ClNO2S/c1-3-4-7-13-16(14,15)11-6-5-9(2)8-10(11)12/h5-6,8,13H,3-4,7H2,1-2H3. The van der Waals surface area contributed by atoms with Crippen LogP contribution in [0.5, 0.6) is 0 Å². The highest BCUT2D eigenvalue weighted by Crippen LogP contribution is 2.22. The first kappa shape index (κ1) is 13.5. The van der Waals surface area contributed by atoms with Gasteiger partial charge in [0.1, 0.15) is 4.90 Å². The van der Waals surface area contributed by atoms with Gasteiger partial charge in [0.2, 0.25) is 10.0 Å². The molecule has 3 nitrogen and oxygen atoms in total. The van der Waals surface area contributed by atoms with Crippen molar-refractivity contribution in [1.82, 2.24) is 4.72 Å². The first-order valence-electron chi connectivity index (χ1n) is 5.23. The average Bonchev–Trinajstić information content (AvgIpc) is 2.17. The van der Waals surface area contributed by atoms with Gasteiger partial charge in [-0.25, -0.2) is 13.1 Å². The molecule has 1 N–H and O–H groups in total. The average molecular weight is 262 g/mol. The summed E-state index contributed by atoms with van der Waals surface area (Å²) < 4.78 is 26.2. The predicted molar refractivity (Wildman–Crippen MR) is 66.3 cm³/mol. The van der Waals surface area contributed by atoms with Gasteiger partial charge in [0.25, 0.3) is 0 Å². The van der Waals surface area contributed by atoms with E-state index in [-0.39, 0.29) is 9.92 Å². The predicted octanol–water partition coefficient (Wildman–Crippen LogP) is 2.73. The molecule has 0 aromatic heterocycles. The van der Waals surface area contributed by atoms with Gasteiger partial charge >= 0.3 is 0 Å². The van der Waals surface area contributed by atoms with Gasteiger partial charge in [-0.2, -0.15) is 0 Å². The van der Waals surface area contributed by atoms with Crippen molar-refractivity contribution in [2.24, 2.45) is 0 Å². The number of benzene rings is 1. The van der Waals surface area contributed by atoms with E-state index in [4.69, 9.17) is 11.6 Å². The Bertz CT molecular complexity index is 457. The summed E-state index contributed by atoms with van der Waals surface area (Å²) in [5.74, 6) is 0. The second-order valence-electron chi connectivity index (χ2n) is 3.69. The Balaban J connectivity index is 2.90. The maximum atomic E-state index is 11.8. The number of nitrogens with one attached hydrogen (secondary N) is 1. The first-order valence-corrected chi connectivity index (χ1v) is 7.09. The van der Waals surface area contributed by atoms with Crippen molar-refractivity contribution in [2.45, 2.75) is 31.6 Å². The van der Waals surface area contributed by atoms with Crippen LogP contribution in [0.1, 0.15) is 25.3 Å². The summed E-state index contributed by atoms with van der Waals surface area (Å²) in [4.78, 5) is 0.149. The molecule has 0 radical (unpaired) electrons. The smallest absolute Gasteiger partial charge is 0.211 e. The second kappa shape index (κ2) is 5.66. The normalized spacial score (nSPS) is 11.7. The van der Waals surface area contributed by atoms with E-state index in [0.717, 1.165) is 18.4 Å². The summed E-state index contributed by atoms with van der Waals surface area (Å²) >= 11 is 5.91. The molecule has 0 atom stereocenters. The minimum absolute atomic E-state index is 0.149. The molecule has 0 spiro atoms. The fraction of sp³-hybridized carbons (Fsp3) is 0.455. The monoisotopic (exact) mass is 261 g/mol. The van der Waals surface area contributed by atoms with E-state index in [2.05, 4.69) is 4.72 Å². The molecule has 90 valence electrons. The van der Waals surface area contributed by atoms with Crippen LogP contribution < -0.4 is 4.72 Å². The number of halogens is 1. The second-order valence-corrected chi connectivity index (χ2v) is 5.83. The molecule has 0 aliphatic carbocycles. The van der Waals surface area contributed by atoms with Crippen molar-refractivity contribution in [2.75, 3.05) is 6.54 Å². The molecule has 0 saturated heterocycles. The number of sulfonamides is 1. The van der Waals surface area contributed by atoms with Crippen molar-refractivity contribution in [3.8, 4) is 0 Å². The van der Waals surface area contributed by atoms with E-state index >= 15 is 0 Å². The zero-order valence-corrected chi connectivity index (χ0v) is 11.0. The zero-order chi connectivity index (χ0) is 12.2. The van der Waals surface area contributed by atoms with Crippen LogP contribution in [0.3, 0.4) is 0 Å². The molecule has 0 aliphatic rings. The van der Waals surface area contributed by atoms with Crippen LogP contribution in [0, 0.1) is 6.92 Å². The molecule has 0 aliphatic heterocycles. The summed E-state index contributed by atoms with van der Waals surface area (Å²) in [6, 6.07) is 4.92. The number of aryl methyl sites for hydroxylation is 1. The van der Waals surface area contributed by atoms with Crippen molar-refractivity contribution < 1.29 is 8.42 Å². The largest absolute Gasteiger partial charge is 0.242 e. The van der Waals surface area contributed by atoms with Crippen LogP contribution in [0.2, 0.25) is 5.02 Å². The van der Waals surface area contributed by atoms with Gasteiger partial charge in [0.05, 0.1) is 5.02 Å². The van der Waals surface area contributed by atoms with E-state index in [1.54, 1.807) is 12.1 Å². The Morgan fingerprint density at radius 1 is 1.38 bits per heavy atom. The first-order chi connectivity index (χ1) is 7.47. The van der Waals surface area contributed by atoms with Crippen molar-refractivity contribution >= 4 is 21.6 Å². The molecule has 0 amide bonds. The van der Waals surface area contributed by atoms with E-state index in [0.29, 0.717) is 6.54 Å². The van der Waals surface area contributed by atoms with Crippen LogP contribution in [-0.4, -0.2) is 15.0 Å². The van der Waals surface area contributed by atoms with E-state index in [1.165, 1.54) is 6.07 Å². The summed E-state index contributed by atoms with van der Waals surface area (Å²) in [7, 11) is -3.46. The van der Waals surface area contributed by atoms with Crippen molar-refractivity contribution in [3.63, 3.8) is 0 Å². The lowest BCUT2D eigenvalue weighted by Crippen LogP contribution is -2.25. The molecule has 16 heavy (non-hydrogen) atoms. The van der Waals surface area contributed by atoms with Crippen LogP contribution in [0.4, 0.5) is 0 Å². The maximum Gasteiger partial charge on any atom is 0.242 e. The summed E-state index contributed by atoms with van der Waals surface area (Å²) in [5, 5.41) is 0.268. The number of hydrogen-bond donors (Lipinski definition) is 1. The van der Waals surface area contributed by atoms with Gasteiger partial charge in [-0.1, -0.05) is 31.0 Å². The minimum Gasteiger partial charge on any atom is -0.211 e. The van der Waals surface area contributed by atoms with Gasteiger partial charge < -0.3 is 0 Å². The van der Waals surface area contributed by atoms with E-state index in [9.17, 15) is 8.42 Å². The molecule has 0 bridgehead atoms. The SMILES string of the molecule is CCCCNS(=O)(=O)c1ccc(C)cc1Cl. The van der Waals surface area contributed by atoms with Crippen LogP contribution in [-0.2, 0) is 10.0 Å². The number of rotatable bonds is 5. The third-order valence-electron chi connectivity index (χ3n) is 2.20. The Labute approximate surface area is 102 Å². The molecule has 5 heteroatoms. The molecule has 0 saturated carbocycles. The Hall–Kier alpha value is -0.580. The summed E-state index contributed by atoms with van der Waals surface area (Å²) in [6.45, 7) is 4.32. The fourth-order valence-electron chi connectivity index (χ4n) is 1.28. The molecule has 0 heterocycles. The number of hydrogen-bond acceptors (Lipinski definition) is 2. The third-order valence-corrected chi connectivity index (χ3v) is 4.14. The molecule has 1 aromatic rings. The minimum atomic E-state index is -3.46. The number of unbranched alkanes of at least 4 members (excludes halogenated alkanes) is 1. The lowest BCUT2D eigenvalue weighted by molar-refractivity contribution is 0.578. The van der Waals surface area contributed by atoms with Crippen molar-refractivity contribution in [1.29, 1.82) is 0 Å². The molecule has 1 aromatic carbocycles. The van der Waals surface area contributed by atoms with Crippen LogP contribution in [0.25, 0.3) is 0 Å². The van der Waals surface area contributed by atoms with Crippen LogP contribution >= 0.6 is 11.6 Å². The van der Waals surface area contributed by atoms with Gasteiger partial charge in [-0.3, -0.25) is 0 Å². The Kier molecular flexibility index (Phi) is 4.77. The van der Waals surface area contributed by atoms with Gasteiger partial charge in [-0.15, -0.1) is 0 Å². The topological polar surface area (TPSA) is 46.2 Å². The Morgan fingerprint density at radius 3 is 2.62 bits per heavy atom. The highest BCUT2D eigenvalue weighted by Gasteiger charge is 2.16. The lowest BCUT2D eigenvalue weighted by atomic mass is 10.2. The molecule has 0 fully saturated rings. The fourth-order valence-corrected chi connectivity index (χ4v) is 2.96. The molecular formula is C11H16ClNO2S. The third kappa shape index (κ3) is 3.47. The molecule has 1 rings (SSSR count). The van der Waals surface area contributed by atoms with E-state index in [1.807, 2.05) is 13.8 Å². The summed E-state index contributed by atoms with van der Waals surface area (Å²) in [6.07, 6.45) is 1.77. The molecular weight excluding hydrogens is 246 g/mol. The van der Waals surface area contributed by atoms with Crippen LogP contribution in [0.15, 0.2) is 23.1 Å². The zero-order valence-electron chi connectivity index (χ0n) is 9.46. The highest BCUT2D eigenvalue weighted by atomic mass is 35.5. The van der Waals surface area contributed by atoms with Gasteiger partial charge in [-0.05, 0) is 31.0 Å². The lowest BCUT2D eigenvalue weighted by Gasteiger charge is -2.08. The van der Waals surface area contributed by atoms with E-state index < -0.39 is 10.0 Å². The molecule has 0 unspecified atom stereocenters.